The molecule has 0 spiro atoms. The Hall–Kier alpha value is -1.75. The lowest BCUT2D eigenvalue weighted by Gasteiger charge is -2.28. The number of hydrogen-bond donors (Lipinski definition) is 2. The zero-order valence-corrected chi connectivity index (χ0v) is 12.8. The Labute approximate surface area is 120 Å². The summed E-state index contributed by atoms with van der Waals surface area (Å²) in [5, 5.41) is 12.3. The lowest BCUT2D eigenvalue weighted by molar-refractivity contribution is 0.125. The summed E-state index contributed by atoms with van der Waals surface area (Å²) in [7, 11) is 1.57. The van der Waals surface area contributed by atoms with Crippen molar-refractivity contribution in [1.82, 2.24) is 4.90 Å². The highest BCUT2D eigenvalue weighted by Crippen LogP contribution is 2.25. The third kappa shape index (κ3) is 4.42. The number of ether oxygens (including phenoxy) is 1. The third-order valence-corrected chi connectivity index (χ3v) is 2.94. The van der Waals surface area contributed by atoms with Gasteiger partial charge in [0.25, 0.3) is 0 Å². The van der Waals surface area contributed by atoms with Crippen LogP contribution in [0.15, 0.2) is 18.2 Å². The van der Waals surface area contributed by atoms with Gasteiger partial charge in [-0.25, -0.2) is 4.79 Å². The molecule has 112 valence electrons. The van der Waals surface area contributed by atoms with Crippen LogP contribution in [0.2, 0.25) is 0 Å². The lowest BCUT2D eigenvalue weighted by atomic mass is 10.2. The summed E-state index contributed by atoms with van der Waals surface area (Å²) in [6, 6.07) is 5.34. The summed E-state index contributed by atoms with van der Waals surface area (Å²) in [5.74, 6) is 0.624. The number of methoxy groups -OCH3 is 1. The molecule has 0 bridgehead atoms. The highest BCUT2D eigenvalue weighted by atomic mass is 16.5. The molecule has 2 amide bonds. The van der Waals surface area contributed by atoms with Crippen molar-refractivity contribution >= 4 is 11.7 Å². The van der Waals surface area contributed by atoms with Gasteiger partial charge in [0.1, 0.15) is 5.75 Å². The van der Waals surface area contributed by atoms with E-state index in [4.69, 9.17) is 4.74 Å². The quantitative estimate of drug-likeness (QED) is 0.871. The van der Waals surface area contributed by atoms with E-state index in [0.29, 0.717) is 11.4 Å². The number of rotatable bonds is 5. The number of aliphatic hydroxyl groups is 1. The molecule has 5 heteroatoms. The molecule has 0 radical (unpaired) electrons. The molecule has 0 aliphatic heterocycles. The zero-order chi connectivity index (χ0) is 15.3. The number of hydrogen-bond acceptors (Lipinski definition) is 3. The molecule has 2 N–H and O–H groups in total. The molecule has 1 atom stereocenters. The molecular formula is C15H24N2O3. The number of benzene rings is 1. The average Bonchev–Trinajstić information content (AvgIpc) is 2.37. The van der Waals surface area contributed by atoms with E-state index in [-0.39, 0.29) is 18.6 Å². The number of aryl methyl sites for hydroxylation is 1. The van der Waals surface area contributed by atoms with Crippen LogP contribution in [0.4, 0.5) is 10.5 Å². The number of nitrogens with zero attached hydrogens (tertiary/aromatic N) is 1. The van der Waals surface area contributed by atoms with Crippen LogP contribution in [-0.4, -0.2) is 41.8 Å². The van der Waals surface area contributed by atoms with Crippen LogP contribution in [0.25, 0.3) is 0 Å². The molecule has 0 heterocycles. The Bertz CT molecular complexity index is 458. The molecule has 0 aliphatic rings. The fourth-order valence-electron chi connectivity index (χ4n) is 1.90. The summed E-state index contributed by atoms with van der Waals surface area (Å²) in [6.07, 6.45) is -0.567. The molecule has 1 unspecified atom stereocenters. The summed E-state index contributed by atoms with van der Waals surface area (Å²) in [4.78, 5) is 13.9. The van der Waals surface area contributed by atoms with Crippen molar-refractivity contribution in [1.29, 1.82) is 0 Å². The van der Waals surface area contributed by atoms with Gasteiger partial charge in [0.05, 0.1) is 18.9 Å². The Morgan fingerprint density at radius 1 is 1.40 bits per heavy atom. The first-order valence-corrected chi connectivity index (χ1v) is 6.75. The van der Waals surface area contributed by atoms with Crippen LogP contribution in [-0.2, 0) is 0 Å². The van der Waals surface area contributed by atoms with Crippen LogP contribution in [0, 0.1) is 6.92 Å². The normalized spacial score (nSPS) is 12.2. The second-order valence-electron chi connectivity index (χ2n) is 5.23. The third-order valence-electron chi connectivity index (χ3n) is 2.94. The zero-order valence-electron chi connectivity index (χ0n) is 12.8. The minimum Gasteiger partial charge on any atom is -0.495 e. The number of carbonyl (C=O) groups is 1. The molecule has 1 rings (SSSR count). The molecular weight excluding hydrogens is 256 g/mol. The molecule has 0 aromatic heterocycles. The maximum Gasteiger partial charge on any atom is 0.322 e. The van der Waals surface area contributed by atoms with Crippen LogP contribution < -0.4 is 10.1 Å². The molecule has 0 aliphatic carbocycles. The molecule has 0 saturated carbocycles. The van der Waals surface area contributed by atoms with Crippen molar-refractivity contribution < 1.29 is 14.6 Å². The molecule has 0 fully saturated rings. The van der Waals surface area contributed by atoms with E-state index in [1.807, 2.05) is 39.0 Å². The number of amides is 2. The first-order valence-electron chi connectivity index (χ1n) is 6.75. The van der Waals surface area contributed by atoms with Crippen molar-refractivity contribution in [3.05, 3.63) is 23.8 Å². The number of carbonyl (C=O) groups excluding carboxylic acids is 1. The summed E-state index contributed by atoms with van der Waals surface area (Å²) in [5.41, 5.74) is 1.68. The van der Waals surface area contributed by atoms with Crippen molar-refractivity contribution in [2.24, 2.45) is 0 Å². The fraction of sp³-hybridized carbons (Fsp3) is 0.533. The SMILES string of the molecule is COc1cc(C)ccc1NC(=O)N(CC(C)O)C(C)C. The smallest absolute Gasteiger partial charge is 0.322 e. The van der Waals surface area contributed by atoms with E-state index in [1.54, 1.807) is 18.9 Å². The number of anilines is 1. The number of aliphatic hydroxyl groups excluding tert-OH is 1. The monoisotopic (exact) mass is 280 g/mol. The van der Waals surface area contributed by atoms with Gasteiger partial charge in [-0.05, 0) is 45.4 Å². The first-order chi connectivity index (χ1) is 9.35. The first kappa shape index (κ1) is 16.3. The molecule has 1 aromatic carbocycles. The predicted molar refractivity (Wildman–Crippen MR) is 80.3 cm³/mol. The van der Waals surface area contributed by atoms with Crippen molar-refractivity contribution in [3.8, 4) is 5.75 Å². The van der Waals surface area contributed by atoms with Gasteiger partial charge in [0.15, 0.2) is 0 Å². The van der Waals surface area contributed by atoms with Gasteiger partial charge in [-0.3, -0.25) is 0 Å². The molecule has 0 saturated heterocycles. The Morgan fingerprint density at radius 3 is 2.55 bits per heavy atom. The van der Waals surface area contributed by atoms with Crippen LogP contribution in [0.5, 0.6) is 5.75 Å². The van der Waals surface area contributed by atoms with Gasteiger partial charge < -0.3 is 20.1 Å². The summed E-state index contributed by atoms with van der Waals surface area (Å²) >= 11 is 0. The van der Waals surface area contributed by atoms with E-state index in [9.17, 15) is 9.90 Å². The van der Waals surface area contributed by atoms with Crippen molar-refractivity contribution in [2.75, 3.05) is 19.0 Å². The standard InChI is InChI=1S/C15H24N2O3/c1-10(2)17(9-12(4)18)15(19)16-13-7-6-11(3)8-14(13)20-5/h6-8,10,12,18H,9H2,1-5H3,(H,16,19). The molecule has 1 aromatic rings. The van der Waals surface area contributed by atoms with E-state index in [2.05, 4.69) is 5.32 Å². The van der Waals surface area contributed by atoms with Gasteiger partial charge in [-0.2, -0.15) is 0 Å². The van der Waals surface area contributed by atoms with Crippen LogP contribution in [0.1, 0.15) is 26.3 Å². The molecule has 5 nitrogen and oxygen atoms in total. The van der Waals surface area contributed by atoms with Gasteiger partial charge in [0.2, 0.25) is 0 Å². The largest absolute Gasteiger partial charge is 0.495 e. The van der Waals surface area contributed by atoms with Crippen LogP contribution >= 0.6 is 0 Å². The van der Waals surface area contributed by atoms with Crippen molar-refractivity contribution in [3.63, 3.8) is 0 Å². The number of nitrogens with one attached hydrogen (secondary N) is 1. The van der Waals surface area contributed by atoms with Gasteiger partial charge >= 0.3 is 6.03 Å². The number of urea groups is 1. The highest BCUT2D eigenvalue weighted by molar-refractivity contribution is 5.91. The van der Waals surface area contributed by atoms with E-state index >= 15 is 0 Å². The molecule has 20 heavy (non-hydrogen) atoms. The second kappa shape index (κ2) is 7.14. The minimum absolute atomic E-state index is 0.000966. The van der Waals surface area contributed by atoms with E-state index in [1.165, 1.54) is 0 Å². The maximum absolute atomic E-state index is 12.3. The average molecular weight is 280 g/mol. The van der Waals surface area contributed by atoms with Gasteiger partial charge in [-0.15, -0.1) is 0 Å². The van der Waals surface area contributed by atoms with Gasteiger partial charge in [-0.1, -0.05) is 6.07 Å². The van der Waals surface area contributed by atoms with E-state index < -0.39 is 6.10 Å². The van der Waals surface area contributed by atoms with Crippen molar-refractivity contribution in [2.45, 2.75) is 39.8 Å². The minimum atomic E-state index is -0.567. The van der Waals surface area contributed by atoms with E-state index in [0.717, 1.165) is 5.56 Å². The second-order valence-corrected chi connectivity index (χ2v) is 5.23. The topological polar surface area (TPSA) is 61.8 Å². The maximum atomic E-state index is 12.3. The predicted octanol–water partition coefficient (Wildman–Crippen LogP) is 2.63. The summed E-state index contributed by atoms with van der Waals surface area (Å²) < 4.78 is 5.27. The highest BCUT2D eigenvalue weighted by Gasteiger charge is 2.19. The Kier molecular flexibility index (Phi) is 5.82. The van der Waals surface area contributed by atoms with Gasteiger partial charge in [0, 0.05) is 12.6 Å². The summed E-state index contributed by atoms with van der Waals surface area (Å²) in [6.45, 7) is 7.73. The Morgan fingerprint density at radius 2 is 2.05 bits per heavy atom. The fourth-order valence-corrected chi connectivity index (χ4v) is 1.90. The van der Waals surface area contributed by atoms with Crippen LogP contribution in [0.3, 0.4) is 0 Å². The Balaban J connectivity index is 2.87. The lowest BCUT2D eigenvalue weighted by Crippen LogP contribution is -2.43.